The SMILES string of the molecule is C[C@H](CCCO)[C@H]1CCC2=C3CCC4CC(=O)CC[C@]4(C)[C@H]3CC[C@@]21C. The Hall–Kier alpha value is -0.630. The summed E-state index contributed by atoms with van der Waals surface area (Å²) >= 11 is 0. The average Bonchev–Trinajstić information content (AvgIpc) is 2.97. The normalized spacial score (nSPS) is 43.7. The van der Waals surface area contributed by atoms with E-state index in [1.807, 2.05) is 11.1 Å². The molecule has 1 N–H and O–H groups in total. The van der Waals surface area contributed by atoms with E-state index < -0.39 is 0 Å². The van der Waals surface area contributed by atoms with Gasteiger partial charge in [0.1, 0.15) is 5.78 Å². The molecule has 3 fully saturated rings. The molecule has 146 valence electrons. The topological polar surface area (TPSA) is 37.3 Å². The standard InChI is InChI=1S/C24H38O2/c1-16(5-4-14-25)20-8-9-21-19-7-6-17-15-18(26)10-12-23(17,2)22(19)11-13-24(20,21)3/h16-17,20,22,25H,4-15H2,1-3H3/t16-,17?,20-,22+,23+,24-/m1/s1. The van der Waals surface area contributed by atoms with E-state index in [2.05, 4.69) is 20.8 Å². The fourth-order valence-corrected chi connectivity index (χ4v) is 7.84. The fourth-order valence-electron chi connectivity index (χ4n) is 7.84. The minimum Gasteiger partial charge on any atom is -0.396 e. The Bertz CT molecular complexity index is 605. The van der Waals surface area contributed by atoms with Crippen molar-refractivity contribution in [3.63, 3.8) is 0 Å². The molecule has 4 aliphatic rings. The van der Waals surface area contributed by atoms with Crippen LogP contribution in [0.5, 0.6) is 0 Å². The van der Waals surface area contributed by atoms with E-state index in [1.54, 1.807) is 0 Å². The summed E-state index contributed by atoms with van der Waals surface area (Å²) in [6.07, 6.45) is 12.8. The molecule has 4 aliphatic carbocycles. The summed E-state index contributed by atoms with van der Waals surface area (Å²) in [5.74, 6) is 3.44. The van der Waals surface area contributed by atoms with Gasteiger partial charge in [-0.1, -0.05) is 31.9 Å². The van der Waals surface area contributed by atoms with Crippen molar-refractivity contribution in [1.82, 2.24) is 0 Å². The van der Waals surface area contributed by atoms with Crippen LogP contribution < -0.4 is 0 Å². The van der Waals surface area contributed by atoms with E-state index in [9.17, 15) is 9.90 Å². The van der Waals surface area contributed by atoms with E-state index in [1.165, 1.54) is 44.9 Å². The van der Waals surface area contributed by atoms with Gasteiger partial charge in [-0.2, -0.15) is 0 Å². The van der Waals surface area contributed by atoms with Crippen LogP contribution in [0, 0.1) is 34.5 Å². The Morgan fingerprint density at radius 2 is 1.92 bits per heavy atom. The van der Waals surface area contributed by atoms with E-state index in [0.717, 1.165) is 43.4 Å². The molecule has 0 saturated heterocycles. The van der Waals surface area contributed by atoms with Crippen molar-refractivity contribution < 1.29 is 9.90 Å². The molecular formula is C24H38O2. The summed E-state index contributed by atoms with van der Waals surface area (Å²) in [4.78, 5) is 12.0. The van der Waals surface area contributed by atoms with Gasteiger partial charge in [0, 0.05) is 19.4 Å². The number of aliphatic hydroxyl groups is 1. The van der Waals surface area contributed by atoms with Crippen LogP contribution in [0.4, 0.5) is 0 Å². The molecule has 6 atom stereocenters. The third-order valence-electron chi connectivity index (χ3n) is 9.39. The highest BCUT2D eigenvalue weighted by atomic mass is 16.2. The van der Waals surface area contributed by atoms with E-state index >= 15 is 0 Å². The lowest BCUT2D eigenvalue weighted by Gasteiger charge is -2.56. The second kappa shape index (κ2) is 6.76. The number of hydrogen-bond acceptors (Lipinski definition) is 2. The highest BCUT2D eigenvalue weighted by molar-refractivity contribution is 5.79. The summed E-state index contributed by atoms with van der Waals surface area (Å²) in [6.45, 7) is 7.85. The molecule has 0 aromatic heterocycles. The van der Waals surface area contributed by atoms with Crippen molar-refractivity contribution in [2.75, 3.05) is 6.61 Å². The van der Waals surface area contributed by atoms with Crippen molar-refractivity contribution in [2.24, 2.45) is 34.5 Å². The molecule has 4 rings (SSSR count). The minimum absolute atomic E-state index is 0.336. The van der Waals surface area contributed by atoms with Crippen LogP contribution in [0.15, 0.2) is 11.1 Å². The fraction of sp³-hybridized carbons (Fsp3) is 0.875. The summed E-state index contributed by atoms with van der Waals surface area (Å²) in [6, 6.07) is 0. The molecule has 0 radical (unpaired) electrons. The van der Waals surface area contributed by atoms with Crippen molar-refractivity contribution in [3.8, 4) is 0 Å². The predicted molar refractivity (Wildman–Crippen MR) is 106 cm³/mol. The maximum atomic E-state index is 12.0. The van der Waals surface area contributed by atoms with Crippen molar-refractivity contribution in [3.05, 3.63) is 11.1 Å². The molecule has 0 aromatic carbocycles. The zero-order valence-electron chi connectivity index (χ0n) is 17.2. The van der Waals surface area contributed by atoms with Gasteiger partial charge in [0.2, 0.25) is 0 Å². The number of carbonyl (C=O) groups excluding carboxylic acids is 1. The molecule has 1 unspecified atom stereocenters. The number of aliphatic hydroxyl groups excluding tert-OH is 1. The molecule has 3 saturated carbocycles. The van der Waals surface area contributed by atoms with Gasteiger partial charge in [-0.3, -0.25) is 4.79 Å². The minimum atomic E-state index is 0.336. The van der Waals surface area contributed by atoms with Gasteiger partial charge in [-0.25, -0.2) is 0 Å². The highest BCUT2D eigenvalue weighted by Gasteiger charge is 2.55. The predicted octanol–water partition coefficient (Wildman–Crippen LogP) is 5.69. The molecule has 0 spiro atoms. The Balaban J connectivity index is 1.62. The molecule has 2 nitrogen and oxygen atoms in total. The van der Waals surface area contributed by atoms with E-state index in [4.69, 9.17) is 0 Å². The molecule has 26 heavy (non-hydrogen) atoms. The van der Waals surface area contributed by atoms with Gasteiger partial charge >= 0.3 is 0 Å². The summed E-state index contributed by atoms with van der Waals surface area (Å²) < 4.78 is 0. The van der Waals surface area contributed by atoms with Gasteiger partial charge in [0.15, 0.2) is 0 Å². The first-order valence-corrected chi connectivity index (χ1v) is 11.2. The molecule has 0 aromatic rings. The quantitative estimate of drug-likeness (QED) is 0.656. The lowest BCUT2D eigenvalue weighted by atomic mass is 9.49. The van der Waals surface area contributed by atoms with Crippen LogP contribution in [-0.4, -0.2) is 17.5 Å². The summed E-state index contributed by atoms with van der Waals surface area (Å²) in [7, 11) is 0. The number of rotatable bonds is 4. The van der Waals surface area contributed by atoms with Crippen LogP contribution in [0.25, 0.3) is 0 Å². The Morgan fingerprint density at radius 1 is 1.12 bits per heavy atom. The largest absolute Gasteiger partial charge is 0.396 e. The number of allylic oxidation sites excluding steroid dienone is 2. The lowest BCUT2D eigenvalue weighted by Crippen LogP contribution is -2.47. The maximum Gasteiger partial charge on any atom is 0.133 e. The van der Waals surface area contributed by atoms with Crippen molar-refractivity contribution in [1.29, 1.82) is 0 Å². The van der Waals surface area contributed by atoms with Crippen molar-refractivity contribution in [2.45, 2.75) is 91.4 Å². The molecule has 0 amide bonds. The maximum absolute atomic E-state index is 12.0. The lowest BCUT2D eigenvalue weighted by molar-refractivity contribution is -0.127. The average molecular weight is 359 g/mol. The van der Waals surface area contributed by atoms with E-state index in [-0.39, 0.29) is 0 Å². The Morgan fingerprint density at radius 3 is 2.69 bits per heavy atom. The first-order valence-electron chi connectivity index (χ1n) is 11.2. The number of hydrogen-bond donors (Lipinski definition) is 1. The van der Waals surface area contributed by atoms with Crippen LogP contribution in [-0.2, 0) is 4.79 Å². The van der Waals surface area contributed by atoms with E-state index in [0.29, 0.717) is 29.1 Å². The van der Waals surface area contributed by atoms with Gasteiger partial charge in [0.25, 0.3) is 0 Å². The smallest absolute Gasteiger partial charge is 0.133 e. The van der Waals surface area contributed by atoms with Crippen LogP contribution in [0.3, 0.4) is 0 Å². The van der Waals surface area contributed by atoms with Gasteiger partial charge in [-0.15, -0.1) is 0 Å². The van der Waals surface area contributed by atoms with Gasteiger partial charge in [-0.05, 0) is 92.3 Å². The molecular weight excluding hydrogens is 320 g/mol. The molecule has 0 aliphatic heterocycles. The third kappa shape index (κ3) is 2.74. The Kier molecular flexibility index (Phi) is 4.87. The zero-order valence-corrected chi connectivity index (χ0v) is 17.2. The van der Waals surface area contributed by atoms with Crippen LogP contribution in [0.1, 0.15) is 91.4 Å². The third-order valence-corrected chi connectivity index (χ3v) is 9.39. The first-order chi connectivity index (χ1) is 12.4. The molecule has 2 heteroatoms. The monoisotopic (exact) mass is 358 g/mol. The zero-order chi connectivity index (χ0) is 18.5. The Labute approximate surface area is 159 Å². The number of fused-ring (bicyclic) bond motifs is 4. The summed E-state index contributed by atoms with van der Waals surface area (Å²) in [5.41, 5.74) is 4.47. The number of ketones is 1. The number of Topliss-reactive ketones (excluding diaryl/α,β-unsaturated/α-hetero) is 1. The van der Waals surface area contributed by atoms with Crippen LogP contribution >= 0.6 is 0 Å². The molecule has 0 bridgehead atoms. The highest BCUT2D eigenvalue weighted by Crippen LogP contribution is 2.65. The second-order valence-corrected chi connectivity index (χ2v) is 10.5. The first kappa shape index (κ1) is 18.7. The van der Waals surface area contributed by atoms with Crippen molar-refractivity contribution >= 4 is 5.78 Å². The van der Waals surface area contributed by atoms with Gasteiger partial charge in [0.05, 0.1) is 0 Å². The van der Waals surface area contributed by atoms with Crippen LogP contribution in [0.2, 0.25) is 0 Å². The summed E-state index contributed by atoms with van der Waals surface area (Å²) in [5, 5.41) is 9.23. The second-order valence-electron chi connectivity index (χ2n) is 10.5. The molecule has 0 heterocycles. The number of carbonyl (C=O) groups is 1. The van der Waals surface area contributed by atoms with Gasteiger partial charge < -0.3 is 5.11 Å².